The quantitative estimate of drug-likeness (QED) is 0.340. The molecule has 19 heavy (non-hydrogen) atoms. The molecule has 1 aliphatic rings. The second-order valence-electron chi connectivity index (χ2n) is 4.42. The van der Waals surface area contributed by atoms with Gasteiger partial charge in [0.1, 0.15) is 24.4 Å². The highest BCUT2D eigenvalue weighted by Gasteiger charge is 2.43. The van der Waals surface area contributed by atoms with Gasteiger partial charge in [-0.15, -0.1) is 0 Å². The van der Waals surface area contributed by atoms with E-state index in [1.165, 1.54) is 0 Å². The first-order valence-corrected chi connectivity index (χ1v) is 6.11. The molecule has 0 aromatic rings. The third-order valence-corrected chi connectivity index (χ3v) is 2.92. The van der Waals surface area contributed by atoms with Gasteiger partial charge in [0.15, 0.2) is 6.29 Å². The van der Waals surface area contributed by atoms with Crippen LogP contribution >= 0.6 is 0 Å². The largest absolute Gasteiger partial charge is 0.481 e. The number of aliphatic hydroxyl groups excluding tert-OH is 4. The van der Waals surface area contributed by atoms with Gasteiger partial charge in [-0.05, 0) is 12.8 Å². The lowest BCUT2D eigenvalue weighted by molar-refractivity contribution is -0.301. The van der Waals surface area contributed by atoms with Crippen molar-refractivity contribution < 1.29 is 39.8 Å². The second kappa shape index (κ2) is 7.73. The van der Waals surface area contributed by atoms with E-state index >= 15 is 0 Å². The summed E-state index contributed by atoms with van der Waals surface area (Å²) in [5, 5.41) is 46.1. The number of carboxylic acid groups (broad SMARTS) is 1. The van der Waals surface area contributed by atoms with E-state index in [9.17, 15) is 20.1 Å². The van der Waals surface area contributed by atoms with Crippen molar-refractivity contribution in [1.82, 2.24) is 0 Å². The van der Waals surface area contributed by atoms with Crippen molar-refractivity contribution in [2.75, 3.05) is 13.2 Å². The first kappa shape index (κ1) is 16.3. The molecule has 1 saturated heterocycles. The molecule has 0 amide bonds. The molecule has 0 radical (unpaired) electrons. The number of rotatable bonds is 7. The molecule has 1 rings (SSSR count). The van der Waals surface area contributed by atoms with Gasteiger partial charge in [0, 0.05) is 13.0 Å². The van der Waals surface area contributed by atoms with E-state index in [0.29, 0.717) is 12.8 Å². The summed E-state index contributed by atoms with van der Waals surface area (Å²) in [5.74, 6) is -0.896. The molecule has 5 N–H and O–H groups in total. The summed E-state index contributed by atoms with van der Waals surface area (Å²) in [7, 11) is 0. The molecule has 0 unspecified atom stereocenters. The van der Waals surface area contributed by atoms with E-state index in [-0.39, 0.29) is 13.0 Å². The van der Waals surface area contributed by atoms with Crippen molar-refractivity contribution in [3.05, 3.63) is 0 Å². The van der Waals surface area contributed by atoms with E-state index in [0.717, 1.165) is 0 Å². The van der Waals surface area contributed by atoms with E-state index in [1.807, 2.05) is 0 Å². The standard InChI is InChI=1S/C11H20O8/c12-5-6-8(15)9(16)10(17)11(19-6)18-4-2-1-3-7(13)14/h6,8-12,15-17H,1-5H2,(H,13,14)/t6-,8+,9+,10-,11-/m1/s1. The number of carboxylic acids is 1. The number of aliphatic carboxylic acids is 1. The van der Waals surface area contributed by atoms with Crippen molar-refractivity contribution in [1.29, 1.82) is 0 Å². The number of aliphatic hydroxyl groups is 4. The fourth-order valence-corrected chi connectivity index (χ4v) is 1.78. The topological polar surface area (TPSA) is 137 Å². The Kier molecular flexibility index (Phi) is 6.63. The maximum Gasteiger partial charge on any atom is 0.303 e. The summed E-state index contributed by atoms with van der Waals surface area (Å²) < 4.78 is 10.3. The highest BCUT2D eigenvalue weighted by Crippen LogP contribution is 2.22. The maximum absolute atomic E-state index is 10.3. The Hall–Kier alpha value is -0.770. The van der Waals surface area contributed by atoms with E-state index < -0.39 is 43.3 Å². The van der Waals surface area contributed by atoms with E-state index in [1.54, 1.807) is 0 Å². The first-order chi connectivity index (χ1) is 8.97. The minimum Gasteiger partial charge on any atom is -0.481 e. The van der Waals surface area contributed by atoms with Crippen LogP contribution in [0.1, 0.15) is 19.3 Å². The van der Waals surface area contributed by atoms with Crippen LogP contribution in [0, 0.1) is 0 Å². The van der Waals surface area contributed by atoms with Gasteiger partial charge in [0.25, 0.3) is 0 Å². The normalized spacial score (nSPS) is 35.3. The molecule has 1 aliphatic heterocycles. The summed E-state index contributed by atoms with van der Waals surface area (Å²) >= 11 is 0. The highest BCUT2D eigenvalue weighted by atomic mass is 16.7. The number of hydrogen-bond donors (Lipinski definition) is 5. The fraction of sp³-hybridized carbons (Fsp3) is 0.909. The van der Waals surface area contributed by atoms with Crippen molar-refractivity contribution in [2.45, 2.75) is 50.0 Å². The molecule has 8 heteroatoms. The van der Waals surface area contributed by atoms with Gasteiger partial charge in [-0.1, -0.05) is 0 Å². The first-order valence-electron chi connectivity index (χ1n) is 6.11. The summed E-state index contributed by atoms with van der Waals surface area (Å²) in [5.41, 5.74) is 0. The lowest BCUT2D eigenvalue weighted by atomic mass is 9.99. The minimum absolute atomic E-state index is 0.0258. The van der Waals surface area contributed by atoms with Gasteiger partial charge in [-0.25, -0.2) is 0 Å². The van der Waals surface area contributed by atoms with Gasteiger partial charge in [-0.2, -0.15) is 0 Å². The smallest absolute Gasteiger partial charge is 0.303 e. The highest BCUT2D eigenvalue weighted by molar-refractivity contribution is 5.66. The molecule has 0 bridgehead atoms. The number of ether oxygens (including phenoxy) is 2. The zero-order chi connectivity index (χ0) is 14.4. The van der Waals surface area contributed by atoms with Crippen LogP contribution in [-0.4, -0.2) is 75.4 Å². The van der Waals surface area contributed by atoms with E-state index in [4.69, 9.17) is 19.7 Å². The molecular formula is C11H20O8. The van der Waals surface area contributed by atoms with Crippen LogP contribution in [0.4, 0.5) is 0 Å². The van der Waals surface area contributed by atoms with Crippen LogP contribution < -0.4 is 0 Å². The third kappa shape index (κ3) is 4.68. The summed E-state index contributed by atoms with van der Waals surface area (Å²) in [6, 6.07) is 0. The molecule has 1 fully saturated rings. The van der Waals surface area contributed by atoms with Crippen molar-refractivity contribution >= 4 is 5.97 Å². The van der Waals surface area contributed by atoms with Crippen molar-refractivity contribution in [3.8, 4) is 0 Å². The van der Waals surface area contributed by atoms with Gasteiger partial charge < -0.3 is 35.0 Å². The molecule has 0 saturated carbocycles. The van der Waals surface area contributed by atoms with Gasteiger partial charge in [0.2, 0.25) is 0 Å². The Balaban J connectivity index is 2.33. The Morgan fingerprint density at radius 1 is 1.11 bits per heavy atom. The molecule has 0 aromatic heterocycles. The van der Waals surface area contributed by atoms with Crippen LogP contribution in [0.25, 0.3) is 0 Å². The summed E-state index contributed by atoms with van der Waals surface area (Å²) in [6.07, 6.45) is -5.53. The molecule has 0 aliphatic carbocycles. The lowest BCUT2D eigenvalue weighted by Crippen LogP contribution is -2.59. The van der Waals surface area contributed by atoms with Crippen LogP contribution in [0.5, 0.6) is 0 Å². The van der Waals surface area contributed by atoms with Gasteiger partial charge in [-0.3, -0.25) is 4.79 Å². The monoisotopic (exact) mass is 280 g/mol. The number of hydrogen-bond acceptors (Lipinski definition) is 7. The van der Waals surface area contributed by atoms with Crippen LogP contribution in [0.15, 0.2) is 0 Å². The summed E-state index contributed by atoms with van der Waals surface area (Å²) in [4.78, 5) is 10.3. The third-order valence-electron chi connectivity index (χ3n) is 2.92. The SMILES string of the molecule is O=C(O)CCCCO[C@@H]1O[C@H](CO)[C@H](O)[C@H](O)[C@H]1O. The zero-order valence-electron chi connectivity index (χ0n) is 10.4. The predicted octanol–water partition coefficient (Wildman–Crippen LogP) is -1.94. The molecule has 8 nitrogen and oxygen atoms in total. The fourth-order valence-electron chi connectivity index (χ4n) is 1.78. The number of unbranched alkanes of at least 4 members (excludes halogenated alkanes) is 1. The average molecular weight is 280 g/mol. The van der Waals surface area contributed by atoms with Crippen LogP contribution in [0.2, 0.25) is 0 Å². The molecular weight excluding hydrogens is 260 g/mol. The molecule has 1 heterocycles. The minimum atomic E-state index is -1.46. The Labute approximate surface area is 110 Å². The predicted molar refractivity (Wildman–Crippen MR) is 61.2 cm³/mol. The Bertz CT molecular complexity index is 282. The molecule has 0 aromatic carbocycles. The molecule has 5 atom stereocenters. The maximum atomic E-state index is 10.3. The molecule has 0 spiro atoms. The molecule has 112 valence electrons. The average Bonchev–Trinajstić information content (AvgIpc) is 2.37. The van der Waals surface area contributed by atoms with Gasteiger partial charge >= 0.3 is 5.97 Å². The zero-order valence-corrected chi connectivity index (χ0v) is 10.4. The second-order valence-corrected chi connectivity index (χ2v) is 4.42. The Morgan fingerprint density at radius 2 is 1.79 bits per heavy atom. The van der Waals surface area contributed by atoms with Crippen molar-refractivity contribution in [3.63, 3.8) is 0 Å². The lowest BCUT2D eigenvalue weighted by Gasteiger charge is -2.39. The van der Waals surface area contributed by atoms with Crippen LogP contribution in [0.3, 0.4) is 0 Å². The number of carbonyl (C=O) groups is 1. The van der Waals surface area contributed by atoms with Gasteiger partial charge in [0.05, 0.1) is 6.61 Å². The van der Waals surface area contributed by atoms with Crippen LogP contribution in [-0.2, 0) is 14.3 Å². The van der Waals surface area contributed by atoms with E-state index in [2.05, 4.69) is 0 Å². The van der Waals surface area contributed by atoms with Crippen molar-refractivity contribution in [2.24, 2.45) is 0 Å². The Morgan fingerprint density at radius 3 is 2.37 bits per heavy atom. The summed E-state index contributed by atoms with van der Waals surface area (Å²) in [6.45, 7) is -0.361.